The smallest absolute Gasteiger partial charge is 0.241 e. The Labute approximate surface area is 183 Å². The van der Waals surface area contributed by atoms with Gasteiger partial charge in [0.2, 0.25) is 17.7 Å². The van der Waals surface area contributed by atoms with Gasteiger partial charge in [0.1, 0.15) is 5.75 Å². The number of carbonyl (C=O) groups excluding carboxylic acids is 3. The largest absolute Gasteiger partial charge is 0.496 e. The van der Waals surface area contributed by atoms with E-state index in [-0.39, 0.29) is 36.6 Å². The first-order valence-corrected chi connectivity index (χ1v) is 11.3. The van der Waals surface area contributed by atoms with Crippen LogP contribution in [-0.4, -0.2) is 67.5 Å². The summed E-state index contributed by atoms with van der Waals surface area (Å²) in [6, 6.07) is 7.54. The molecule has 3 fully saturated rings. The molecule has 1 aliphatic carbocycles. The van der Waals surface area contributed by atoms with Gasteiger partial charge in [0.15, 0.2) is 0 Å². The van der Waals surface area contributed by atoms with Crippen LogP contribution in [0, 0.1) is 5.92 Å². The molecule has 3 atom stereocenters. The van der Waals surface area contributed by atoms with Gasteiger partial charge in [0, 0.05) is 51.3 Å². The molecule has 168 valence electrons. The maximum atomic E-state index is 13.7. The zero-order chi connectivity index (χ0) is 22.0. The minimum Gasteiger partial charge on any atom is -0.496 e. The Hall–Kier alpha value is -2.41. The number of carbonyl (C=O) groups is 3. The van der Waals surface area contributed by atoms with E-state index in [1.165, 1.54) is 11.3 Å². The molecule has 2 aliphatic heterocycles. The molecule has 2 bridgehead atoms. The number of benzene rings is 1. The number of nitrogens with zero attached hydrogens (tertiary/aromatic N) is 2. The summed E-state index contributed by atoms with van der Waals surface area (Å²) in [5.74, 6) is 0.542. The second kappa shape index (κ2) is 8.99. The molecule has 7 nitrogen and oxygen atoms in total. The standard InChI is InChI=1S/C24H32N2O5/c1-30-12-6-11-25-21(27)14-24(23(25)29,19-9-3-4-10-20(19)31-2)15-22(28)26-16-17-7-5-8-18(26)13-17/h3-4,9-10,17-18H,5-8,11-16H2,1-2H3/t17-,18-,24+/m0/s1. The molecule has 1 aromatic rings. The molecule has 31 heavy (non-hydrogen) atoms. The molecule has 7 heteroatoms. The molecule has 3 amide bonds. The van der Waals surface area contributed by atoms with E-state index in [1.807, 2.05) is 23.1 Å². The number of amides is 3. The quantitative estimate of drug-likeness (QED) is 0.470. The Bertz CT molecular complexity index is 856. The van der Waals surface area contributed by atoms with Crippen LogP contribution in [0.15, 0.2) is 24.3 Å². The second-order valence-electron chi connectivity index (χ2n) is 9.07. The van der Waals surface area contributed by atoms with E-state index >= 15 is 0 Å². The van der Waals surface area contributed by atoms with Crippen LogP contribution >= 0.6 is 0 Å². The maximum absolute atomic E-state index is 13.7. The highest BCUT2D eigenvalue weighted by molar-refractivity contribution is 6.11. The summed E-state index contributed by atoms with van der Waals surface area (Å²) >= 11 is 0. The minimum absolute atomic E-state index is 0.00193. The SMILES string of the molecule is COCCCN1C(=O)C[C@@](CC(=O)N2C[C@H]3CCC[C@H]2C3)(c2ccccc2OC)C1=O. The third kappa shape index (κ3) is 3.95. The molecule has 2 heterocycles. The van der Waals surface area contributed by atoms with Gasteiger partial charge in [-0.2, -0.15) is 0 Å². The van der Waals surface area contributed by atoms with Gasteiger partial charge in [-0.1, -0.05) is 24.6 Å². The van der Waals surface area contributed by atoms with Crippen molar-refractivity contribution in [3.05, 3.63) is 29.8 Å². The zero-order valence-electron chi connectivity index (χ0n) is 18.5. The van der Waals surface area contributed by atoms with Gasteiger partial charge >= 0.3 is 0 Å². The van der Waals surface area contributed by atoms with Crippen LogP contribution in [0.1, 0.15) is 50.5 Å². The summed E-state index contributed by atoms with van der Waals surface area (Å²) < 4.78 is 10.6. The molecule has 0 aromatic heterocycles. The van der Waals surface area contributed by atoms with Crippen LogP contribution in [0.2, 0.25) is 0 Å². The fourth-order valence-corrected chi connectivity index (χ4v) is 5.68. The van der Waals surface area contributed by atoms with Crippen molar-refractivity contribution >= 4 is 17.7 Å². The summed E-state index contributed by atoms with van der Waals surface area (Å²) in [4.78, 5) is 43.5. The Morgan fingerprint density at radius 3 is 2.74 bits per heavy atom. The number of methoxy groups -OCH3 is 2. The van der Waals surface area contributed by atoms with Crippen LogP contribution in [0.3, 0.4) is 0 Å². The number of para-hydroxylation sites is 1. The van der Waals surface area contributed by atoms with E-state index in [4.69, 9.17) is 9.47 Å². The summed E-state index contributed by atoms with van der Waals surface area (Å²) in [7, 11) is 3.15. The van der Waals surface area contributed by atoms with Crippen LogP contribution in [0.4, 0.5) is 0 Å². The highest BCUT2D eigenvalue weighted by Gasteiger charge is 2.55. The Morgan fingerprint density at radius 1 is 1.19 bits per heavy atom. The molecular formula is C24H32N2O5. The van der Waals surface area contributed by atoms with Gasteiger partial charge in [0.05, 0.1) is 12.5 Å². The predicted molar refractivity (Wildman–Crippen MR) is 115 cm³/mol. The van der Waals surface area contributed by atoms with E-state index in [1.54, 1.807) is 20.3 Å². The lowest BCUT2D eigenvalue weighted by Gasteiger charge is -2.32. The van der Waals surface area contributed by atoms with Crippen molar-refractivity contribution in [3.8, 4) is 5.75 Å². The lowest BCUT2D eigenvalue weighted by molar-refractivity contribution is -0.143. The molecule has 2 saturated heterocycles. The Morgan fingerprint density at radius 2 is 2.00 bits per heavy atom. The number of likely N-dealkylation sites (tertiary alicyclic amines) is 2. The summed E-state index contributed by atoms with van der Waals surface area (Å²) in [6.07, 6.45) is 4.97. The van der Waals surface area contributed by atoms with Crippen molar-refractivity contribution in [2.24, 2.45) is 5.92 Å². The molecule has 4 rings (SSSR count). The maximum Gasteiger partial charge on any atom is 0.241 e. The van der Waals surface area contributed by atoms with Crippen LogP contribution in [0.5, 0.6) is 5.75 Å². The highest BCUT2D eigenvalue weighted by atomic mass is 16.5. The molecule has 0 N–H and O–H groups in total. The molecule has 1 saturated carbocycles. The fraction of sp³-hybridized carbons (Fsp3) is 0.625. The van der Waals surface area contributed by atoms with Crippen molar-refractivity contribution in [2.45, 2.75) is 56.4 Å². The monoisotopic (exact) mass is 428 g/mol. The van der Waals surface area contributed by atoms with Crippen LogP contribution in [-0.2, 0) is 24.5 Å². The summed E-state index contributed by atoms with van der Waals surface area (Å²) in [5, 5.41) is 0. The number of hydrogen-bond acceptors (Lipinski definition) is 5. The first-order chi connectivity index (χ1) is 15.0. The molecule has 0 unspecified atom stereocenters. The first kappa shape index (κ1) is 21.8. The van der Waals surface area contributed by atoms with E-state index in [0.29, 0.717) is 36.8 Å². The molecular weight excluding hydrogens is 396 g/mol. The van der Waals surface area contributed by atoms with Crippen LogP contribution in [0.25, 0.3) is 0 Å². The van der Waals surface area contributed by atoms with Crippen LogP contribution < -0.4 is 4.74 Å². The second-order valence-corrected chi connectivity index (χ2v) is 9.07. The van der Waals surface area contributed by atoms with Gasteiger partial charge in [-0.3, -0.25) is 19.3 Å². The average Bonchev–Trinajstić information content (AvgIpc) is 3.20. The number of rotatable bonds is 8. The van der Waals surface area contributed by atoms with E-state index in [0.717, 1.165) is 25.8 Å². The van der Waals surface area contributed by atoms with Crippen molar-refractivity contribution in [1.29, 1.82) is 0 Å². The van der Waals surface area contributed by atoms with Gasteiger partial charge in [-0.05, 0) is 37.7 Å². The van der Waals surface area contributed by atoms with Gasteiger partial charge in [-0.25, -0.2) is 0 Å². The molecule has 1 aromatic carbocycles. The molecule has 3 aliphatic rings. The highest BCUT2D eigenvalue weighted by Crippen LogP contribution is 2.45. The lowest BCUT2D eigenvalue weighted by Crippen LogP contribution is -2.45. The normalized spacial score (nSPS) is 27.8. The molecule has 0 spiro atoms. The molecule has 0 radical (unpaired) electrons. The van der Waals surface area contributed by atoms with Gasteiger partial charge in [0.25, 0.3) is 0 Å². The van der Waals surface area contributed by atoms with E-state index in [9.17, 15) is 14.4 Å². The lowest BCUT2D eigenvalue weighted by atomic mass is 9.75. The fourth-order valence-electron chi connectivity index (χ4n) is 5.68. The summed E-state index contributed by atoms with van der Waals surface area (Å²) in [5.41, 5.74) is -0.592. The zero-order valence-corrected chi connectivity index (χ0v) is 18.5. The van der Waals surface area contributed by atoms with E-state index < -0.39 is 5.41 Å². The Kier molecular flexibility index (Phi) is 6.32. The van der Waals surface area contributed by atoms with Gasteiger partial charge in [-0.15, -0.1) is 0 Å². The number of ether oxygens (including phenoxy) is 2. The topological polar surface area (TPSA) is 76.2 Å². The van der Waals surface area contributed by atoms with Crippen molar-refractivity contribution < 1.29 is 23.9 Å². The minimum atomic E-state index is -1.22. The number of imide groups is 1. The van der Waals surface area contributed by atoms with Crippen molar-refractivity contribution in [2.75, 3.05) is 33.9 Å². The van der Waals surface area contributed by atoms with E-state index in [2.05, 4.69) is 0 Å². The third-order valence-corrected chi connectivity index (χ3v) is 7.19. The average molecular weight is 429 g/mol. The Balaban J connectivity index is 1.66. The summed E-state index contributed by atoms with van der Waals surface area (Å²) in [6.45, 7) is 1.53. The third-order valence-electron chi connectivity index (χ3n) is 7.19. The first-order valence-electron chi connectivity index (χ1n) is 11.3. The van der Waals surface area contributed by atoms with Crippen molar-refractivity contribution in [3.63, 3.8) is 0 Å². The predicted octanol–water partition coefficient (Wildman–Crippen LogP) is 2.52. The van der Waals surface area contributed by atoms with Crippen molar-refractivity contribution in [1.82, 2.24) is 9.80 Å². The van der Waals surface area contributed by atoms with Gasteiger partial charge < -0.3 is 14.4 Å². The number of hydrogen-bond donors (Lipinski definition) is 0. The number of fused-ring (bicyclic) bond motifs is 2.